The largest absolute Gasteiger partial charge is 0.454 e. The molecule has 0 saturated heterocycles. The van der Waals surface area contributed by atoms with Crippen LogP contribution in [0.5, 0.6) is 0 Å². The molecule has 3 aliphatic carbocycles. The third-order valence-corrected chi connectivity index (χ3v) is 20.3. The van der Waals surface area contributed by atoms with E-state index >= 15 is 0 Å². The van der Waals surface area contributed by atoms with Crippen LogP contribution in [0.4, 0.5) is 34.1 Å². The summed E-state index contributed by atoms with van der Waals surface area (Å²) in [6, 6.07) is 116. The van der Waals surface area contributed by atoms with Crippen LogP contribution in [0.3, 0.4) is 0 Å². The Bertz CT molecular complexity index is 5460. The van der Waals surface area contributed by atoms with E-state index in [9.17, 15) is 0 Å². The normalized spacial score (nSPS) is 14.5. The zero-order chi connectivity index (χ0) is 60.8. The second-order valence-electron chi connectivity index (χ2n) is 25.4. The van der Waals surface area contributed by atoms with Crippen LogP contribution < -0.4 is 9.80 Å². The first kappa shape index (κ1) is 52.2. The van der Waals surface area contributed by atoms with E-state index in [-0.39, 0.29) is 5.41 Å². The molecule has 0 bridgehead atoms. The summed E-state index contributed by atoms with van der Waals surface area (Å²) in [6.07, 6.45) is 0. The van der Waals surface area contributed by atoms with Crippen LogP contribution in [0.2, 0.25) is 0 Å². The Morgan fingerprint density at radius 2 is 0.663 bits per heavy atom. The van der Waals surface area contributed by atoms with Gasteiger partial charge < -0.3 is 18.6 Å². The molecule has 0 saturated carbocycles. The summed E-state index contributed by atoms with van der Waals surface area (Å²) >= 11 is 0. The molecule has 4 heteroatoms. The van der Waals surface area contributed by atoms with Crippen molar-refractivity contribution in [1.82, 2.24) is 0 Å². The van der Waals surface area contributed by atoms with Gasteiger partial charge in [0, 0.05) is 49.7 Å². The third-order valence-electron chi connectivity index (χ3n) is 20.3. The maximum atomic E-state index is 7.04. The van der Waals surface area contributed by atoms with E-state index in [0.29, 0.717) is 0 Å². The molecule has 0 amide bonds. The molecular weight excluding hydrogens is 1120 g/mol. The van der Waals surface area contributed by atoms with Gasteiger partial charge in [0.05, 0.1) is 16.8 Å². The lowest BCUT2D eigenvalue weighted by atomic mass is 9.69. The molecule has 0 radical (unpaired) electrons. The van der Waals surface area contributed by atoms with Crippen molar-refractivity contribution in [1.29, 1.82) is 0 Å². The monoisotopic (exact) mass is 1170 g/mol. The Morgan fingerprint density at radius 3 is 1.23 bits per heavy atom. The molecule has 4 nitrogen and oxygen atoms in total. The highest BCUT2D eigenvalue weighted by Gasteiger charge is 2.54. The molecule has 16 aromatic rings. The summed E-state index contributed by atoms with van der Waals surface area (Å²) in [5, 5.41) is 4.25. The number of nitrogens with zero attached hydrogens (tertiary/aromatic N) is 2. The summed E-state index contributed by atoms with van der Waals surface area (Å²) in [5.41, 5.74) is 30.8. The van der Waals surface area contributed by atoms with Gasteiger partial charge in [-0.2, -0.15) is 0 Å². The first-order chi connectivity index (χ1) is 45.4. The van der Waals surface area contributed by atoms with Crippen molar-refractivity contribution in [2.45, 2.75) is 24.7 Å². The van der Waals surface area contributed by atoms with Crippen LogP contribution in [-0.4, -0.2) is 0 Å². The predicted molar refractivity (Wildman–Crippen MR) is 381 cm³/mol. The van der Waals surface area contributed by atoms with E-state index in [1.54, 1.807) is 0 Å². The van der Waals surface area contributed by atoms with Gasteiger partial charge >= 0.3 is 0 Å². The van der Waals surface area contributed by atoms with E-state index in [0.717, 1.165) is 111 Å². The zero-order valence-electron chi connectivity index (χ0n) is 50.7. The number of hydrogen-bond donors (Lipinski definition) is 0. The van der Waals surface area contributed by atoms with Gasteiger partial charge in [-0.15, -0.1) is 0 Å². The summed E-state index contributed by atoms with van der Waals surface area (Å²) in [5.74, 6) is 0. The average molecular weight is 1180 g/mol. The summed E-state index contributed by atoms with van der Waals surface area (Å²) < 4.78 is 14.1. The lowest BCUT2D eigenvalue weighted by Gasteiger charge is -2.32. The molecule has 0 fully saturated rings. The van der Waals surface area contributed by atoms with Crippen molar-refractivity contribution in [3.8, 4) is 66.8 Å². The van der Waals surface area contributed by atoms with Crippen molar-refractivity contribution in [2.75, 3.05) is 9.80 Å². The molecule has 0 aliphatic heterocycles. The van der Waals surface area contributed by atoms with Gasteiger partial charge in [0.15, 0.2) is 11.2 Å². The molecule has 1 unspecified atom stereocenters. The summed E-state index contributed by atoms with van der Waals surface area (Å²) in [7, 11) is 0. The highest BCUT2D eigenvalue weighted by Crippen LogP contribution is 2.67. The quantitative estimate of drug-likeness (QED) is 0.144. The molecular formula is C88H58N2O2. The molecule has 92 heavy (non-hydrogen) atoms. The molecule has 3 aliphatic rings. The Kier molecular flexibility index (Phi) is 11.3. The number of anilines is 6. The highest BCUT2D eigenvalue weighted by molar-refractivity contribution is 6.13. The molecule has 19 rings (SSSR count). The van der Waals surface area contributed by atoms with E-state index in [2.05, 4.69) is 339 Å². The van der Waals surface area contributed by atoms with E-state index in [1.165, 1.54) is 66.8 Å². The van der Waals surface area contributed by atoms with Crippen LogP contribution >= 0.6 is 0 Å². The fourth-order valence-electron chi connectivity index (χ4n) is 16.2. The number of hydrogen-bond acceptors (Lipinski definition) is 4. The van der Waals surface area contributed by atoms with E-state index < -0.39 is 5.41 Å². The molecule has 14 aromatic carbocycles. The Labute approximate surface area is 533 Å². The number of fused-ring (bicyclic) bond motifs is 20. The van der Waals surface area contributed by atoms with Crippen molar-refractivity contribution in [3.05, 3.63) is 349 Å². The standard InChI is InChI=1S/C88H58N2O2/c1-87(2)73-32-14-10-28-71(73)83-76(87)49-50-77-84(83)72-29-11-16-34-75(72)88(77)74-33-15-9-25-65(74)66-48-43-59(53-78(66)88)60-51-63(89(61-44-39-57(40-45-61)55-21-5-3-6-22-55)79-35-19-30-69-67-26-12-17-37-81(67)91-85(69)79)54-64(52-60)90(62-46-41-58(42-47-62)56-23-7-4-8-24-56)80-36-20-31-70-68-27-13-18-38-82(68)92-86(70)80/h3-54H,1-2H3. The van der Waals surface area contributed by atoms with Gasteiger partial charge in [-0.25, -0.2) is 0 Å². The molecule has 0 N–H and O–H groups in total. The maximum Gasteiger partial charge on any atom is 0.159 e. The summed E-state index contributed by atoms with van der Waals surface area (Å²) in [4.78, 5) is 4.80. The average Bonchev–Trinajstić information content (AvgIpc) is 1.51. The summed E-state index contributed by atoms with van der Waals surface area (Å²) in [6.45, 7) is 4.79. The van der Waals surface area contributed by atoms with Crippen LogP contribution in [-0.2, 0) is 10.8 Å². The van der Waals surface area contributed by atoms with Gasteiger partial charge in [-0.05, 0) is 173 Å². The molecule has 2 heterocycles. The van der Waals surface area contributed by atoms with Gasteiger partial charge in [-0.1, -0.05) is 257 Å². The minimum absolute atomic E-state index is 0.158. The van der Waals surface area contributed by atoms with Gasteiger partial charge in [0.1, 0.15) is 11.2 Å². The SMILES string of the molecule is CC1(C)c2ccccc2-c2c1ccc1c2-c2ccccc2C12c1ccccc1-c1ccc(-c3cc(N(c4ccc(-c5ccccc5)cc4)c4cccc5c4oc4ccccc45)cc(N(c4ccc(-c5ccccc5)cc4)c4cccc5c4oc4ccccc45)c3)cc12. The minimum atomic E-state index is -0.613. The van der Waals surface area contributed by atoms with Gasteiger partial charge in [0.25, 0.3) is 0 Å². The third kappa shape index (κ3) is 7.52. The topological polar surface area (TPSA) is 32.8 Å². The second-order valence-corrected chi connectivity index (χ2v) is 25.4. The number of furan rings is 2. The zero-order valence-corrected chi connectivity index (χ0v) is 50.7. The van der Waals surface area contributed by atoms with Crippen molar-refractivity contribution in [2.24, 2.45) is 0 Å². The number of para-hydroxylation sites is 4. The maximum absolute atomic E-state index is 7.04. The molecule has 2 aromatic heterocycles. The van der Waals surface area contributed by atoms with Crippen LogP contribution in [0.25, 0.3) is 111 Å². The number of benzene rings is 14. The van der Waals surface area contributed by atoms with Crippen molar-refractivity contribution < 1.29 is 8.83 Å². The molecule has 1 atom stereocenters. The lowest BCUT2D eigenvalue weighted by molar-refractivity contribution is 0.660. The van der Waals surface area contributed by atoms with Crippen LogP contribution in [0.15, 0.2) is 324 Å². The molecule has 1 spiro atoms. The fourth-order valence-corrected chi connectivity index (χ4v) is 16.2. The predicted octanol–water partition coefficient (Wildman–Crippen LogP) is 24.1. The highest BCUT2D eigenvalue weighted by atomic mass is 16.3. The first-order valence-electron chi connectivity index (χ1n) is 31.9. The minimum Gasteiger partial charge on any atom is -0.454 e. The second kappa shape index (κ2) is 19.9. The lowest BCUT2D eigenvalue weighted by Crippen LogP contribution is -2.26. The van der Waals surface area contributed by atoms with Gasteiger partial charge in [-0.3, -0.25) is 0 Å². The molecule has 432 valence electrons. The van der Waals surface area contributed by atoms with Crippen LogP contribution in [0, 0.1) is 0 Å². The van der Waals surface area contributed by atoms with Crippen LogP contribution in [0.1, 0.15) is 47.2 Å². The van der Waals surface area contributed by atoms with Crippen molar-refractivity contribution in [3.63, 3.8) is 0 Å². The van der Waals surface area contributed by atoms with E-state index in [1.807, 2.05) is 0 Å². The van der Waals surface area contributed by atoms with E-state index in [4.69, 9.17) is 8.83 Å². The Morgan fingerprint density at radius 1 is 0.250 bits per heavy atom. The Hall–Kier alpha value is -11.7. The number of rotatable bonds is 9. The smallest absolute Gasteiger partial charge is 0.159 e. The van der Waals surface area contributed by atoms with Gasteiger partial charge in [0.2, 0.25) is 0 Å². The Balaban J connectivity index is 0.896. The van der Waals surface area contributed by atoms with Crippen molar-refractivity contribution >= 4 is 78.0 Å². The first-order valence-corrected chi connectivity index (χ1v) is 31.9. The fraction of sp³-hybridized carbons (Fsp3) is 0.0455.